The molecule has 1 aromatic carbocycles. The third-order valence-corrected chi connectivity index (χ3v) is 2.47. The van der Waals surface area contributed by atoms with Gasteiger partial charge in [-0.05, 0) is 25.0 Å². The van der Waals surface area contributed by atoms with Crippen molar-refractivity contribution in [3.63, 3.8) is 0 Å². The number of nitrogens with zero attached hydrogens (tertiary/aromatic N) is 1. The number of halogens is 3. The van der Waals surface area contributed by atoms with Gasteiger partial charge < -0.3 is 4.90 Å². The van der Waals surface area contributed by atoms with Crippen LogP contribution in [-0.2, 0) is 6.42 Å². The Kier molecular flexibility index (Phi) is 4.21. The van der Waals surface area contributed by atoms with Crippen LogP contribution in [0.5, 0.6) is 0 Å². The van der Waals surface area contributed by atoms with Gasteiger partial charge >= 0.3 is 6.18 Å². The first-order valence-electron chi connectivity index (χ1n) is 5.37. The van der Waals surface area contributed by atoms with E-state index in [2.05, 4.69) is 0 Å². The predicted octanol–water partition coefficient (Wildman–Crippen LogP) is 3.64. The summed E-state index contributed by atoms with van der Waals surface area (Å²) in [5, 5.41) is 0. The van der Waals surface area contributed by atoms with Gasteiger partial charge in [-0.25, -0.2) is 0 Å². The van der Waals surface area contributed by atoms with E-state index in [4.69, 9.17) is 0 Å². The number of rotatable bonds is 4. The number of hydrogen-bond donors (Lipinski definition) is 0. The molecule has 0 amide bonds. The van der Waals surface area contributed by atoms with Crippen molar-refractivity contribution >= 4 is 5.69 Å². The molecule has 0 aliphatic heterocycles. The lowest BCUT2D eigenvalue weighted by Crippen LogP contribution is -2.34. The topological polar surface area (TPSA) is 3.24 Å². The van der Waals surface area contributed by atoms with Crippen molar-refractivity contribution in [3.05, 3.63) is 29.8 Å². The molecule has 1 aromatic rings. The summed E-state index contributed by atoms with van der Waals surface area (Å²) in [5.41, 5.74) is 1.64. The van der Waals surface area contributed by atoms with Crippen LogP contribution in [0.3, 0.4) is 0 Å². The minimum absolute atomic E-state index is 0.358. The second kappa shape index (κ2) is 5.23. The number of aryl methyl sites for hydroxylation is 1. The van der Waals surface area contributed by atoms with Gasteiger partial charge in [-0.2, -0.15) is 13.2 Å². The molecule has 0 N–H and O–H groups in total. The highest BCUT2D eigenvalue weighted by atomic mass is 19.4. The highest BCUT2D eigenvalue weighted by Crippen LogP contribution is 2.25. The molecule has 0 heterocycles. The van der Waals surface area contributed by atoms with Gasteiger partial charge in [-0.3, -0.25) is 0 Å². The smallest absolute Gasteiger partial charge is 0.363 e. The summed E-state index contributed by atoms with van der Waals surface area (Å²) in [7, 11) is 0. The van der Waals surface area contributed by atoms with Gasteiger partial charge in [0.05, 0.1) is 0 Å². The first-order valence-corrected chi connectivity index (χ1v) is 5.37. The van der Waals surface area contributed by atoms with Crippen LogP contribution in [0.2, 0.25) is 0 Å². The summed E-state index contributed by atoms with van der Waals surface area (Å²) >= 11 is 0. The highest BCUT2D eigenvalue weighted by molar-refractivity contribution is 5.53. The molecule has 0 fully saturated rings. The molecule has 0 saturated heterocycles. The van der Waals surface area contributed by atoms with E-state index in [1.165, 1.54) is 4.90 Å². The largest absolute Gasteiger partial charge is 0.405 e. The van der Waals surface area contributed by atoms with E-state index in [1.54, 1.807) is 19.1 Å². The molecule has 90 valence electrons. The van der Waals surface area contributed by atoms with Crippen LogP contribution in [0, 0.1) is 0 Å². The first kappa shape index (κ1) is 12.9. The monoisotopic (exact) mass is 231 g/mol. The Balaban J connectivity index is 2.94. The molecule has 0 unspecified atom stereocenters. The predicted molar refractivity (Wildman–Crippen MR) is 59.8 cm³/mol. The van der Waals surface area contributed by atoms with E-state index in [-0.39, 0.29) is 0 Å². The van der Waals surface area contributed by atoms with Crippen molar-refractivity contribution in [2.24, 2.45) is 0 Å². The first-order chi connectivity index (χ1) is 7.48. The van der Waals surface area contributed by atoms with Crippen LogP contribution >= 0.6 is 0 Å². The van der Waals surface area contributed by atoms with Crippen LogP contribution in [0.25, 0.3) is 0 Å². The molecule has 0 spiro atoms. The van der Waals surface area contributed by atoms with Gasteiger partial charge in [-0.15, -0.1) is 0 Å². The second-order valence-electron chi connectivity index (χ2n) is 3.61. The number of hydrogen-bond acceptors (Lipinski definition) is 1. The lowest BCUT2D eigenvalue weighted by atomic mass is 10.1. The van der Waals surface area contributed by atoms with E-state index < -0.39 is 12.7 Å². The minimum atomic E-state index is -4.16. The Morgan fingerprint density at radius 1 is 1.12 bits per heavy atom. The fourth-order valence-electron chi connectivity index (χ4n) is 1.70. The summed E-state index contributed by atoms with van der Waals surface area (Å²) in [4.78, 5) is 1.36. The van der Waals surface area contributed by atoms with E-state index in [1.807, 2.05) is 19.1 Å². The van der Waals surface area contributed by atoms with Gasteiger partial charge in [0, 0.05) is 12.2 Å². The summed E-state index contributed by atoms with van der Waals surface area (Å²) < 4.78 is 37.1. The number of para-hydroxylation sites is 1. The highest BCUT2D eigenvalue weighted by Gasteiger charge is 2.30. The standard InChI is InChI=1S/C12H16F3N/c1-3-10-7-5-6-8-11(10)16(4-2)9-12(13,14)15/h5-8H,3-4,9H2,1-2H3. The van der Waals surface area contributed by atoms with Crippen molar-refractivity contribution in [1.82, 2.24) is 0 Å². The molecule has 16 heavy (non-hydrogen) atoms. The zero-order valence-electron chi connectivity index (χ0n) is 9.51. The second-order valence-corrected chi connectivity index (χ2v) is 3.61. The van der Waals surface area contributed by atoms with Crippen molar-refractivity contribution in [2.45, 2.75) is 26.4 Å². The molecule has 0 aliphatic rings. The van der Waals surface area contributed by atoms with Crippen molar-refractivity contribution in [3.8, 4) is 0 Å². The van der Waals surface area contributed by atoms with Crippen molar-refractivity contribution in [2.75, 3.05) is 18.0 Å². The van der Waals surface area contributed by atoms with E-state index in [9.17, 15) is 13.2 Å². The van der Waals surface area contributed by atoms with E-state index >= 15 is 0 Å². The Bertz CT molecular complexity index is 333. The third kappa shape index (κ3) is 3.43. The average Bonchev–Trinajstić information content (AvgIpc) is 2.24. The maximum Gasteiger partial charge on any atom is 0.405 e. The van der Waals surface area contributed by atoms with Crippen LogP contribution < -0.4 is 4.90 Å². The molecule has 0 saturated carbocycles. The Morgan fingerprint density at radius 3 is 2.25 bits per heavy atom. The molecule has 0 radical (unpaired) electrons. The van der Waals surface area contributed by atoms with Crippen molar-refractivity contribution in [1.29, 1.82) is 0 Å². The maximum absolute atomic E-state index is 12.4. The summed E-state index contributed by atoms with van der Waals surface area (Å²) in [5.74, 6) is 0. The lowest BCUT2D eigenvalue weighted by molar-refractivity contribution is -0.119. The van der Waals surface area contributed by atoms with Gasteiger partial charge in [0.2, 0.25) is 0 Å². The number of alkyl halides is 3. The van der Waals surface area contributed by atoms with Gasteiger partial charge in [-0.1, -0.05) is 25.1 Å². The van der Waals surface area contributed by atoms with Crippen molar-refractivity contribution < 1.29 is 13.2 Å². The molecule has 0 atom stereocenters. The molecule has 0 bridgehead atoms. The van der Waals surface area contributed by atoms with Gasteiger partial charge in [0.15, 0.2) is 0 Å². The molecule has 4 heteroatoms. The average molecular weight is 231 g/mol. The molecule has 0 aliphatic carbocycles. The third-order valence-electron chi connectivity index (χ3n) is 2.47. The Morgan fingerprint density at radius 2 is 1.75 bits per heavy atom. The fraction of sp³-hybridized carbons (Fsp3) is 0.500. The maximum atomic E-state index is 12.4. The Hall–Kier alpha value is -1.19. The normalized spacial score (nSPS) is 11.6. The fourth-order valence-corrected chi connectivity index (χ4v) is 1.70. The summed E-state index contributed by atoms with van der Waals surface area (Å²) in [6, 6.07) is 7.24. The molecular weight excluding hydrogens is 215 g/mol. The van der Waals surface area contributed by atoms with E-state index in [0.29, 0.717) is 12.2 Å². The number of benzene rings is 1. The van der Waals surface area contributed by atoms with Crippen LogP contribution in [0.15, 0.2) is 24.3 Å². The summed E-state index contributed by atoms with van der Waals surface area (Å²) in [6.45, 7) is 3.15. The zero-order valence-corrected chi connectivity index (χ0v) is 9.51. The lowest BCUT2D eigenvalue weighted by Gasteiger charge is -2.26. The molecular formula is C12H16F3N. The minimum Gasteiger partial charge on any atom is -0.363 e. The van der Waals surface area contributed by atoms with Gasteiger partial charge in [0.25, 0.3) is 0 Å². The zero-order chi connectivity index (χ0) is 12.2. The quantitative estimate of drug-likeness (QED) is 0.764. The Labute approximate surface area is 93.9 Å². The van der Waals surface area contributed by atoms with E-state index in [0.717, 1.165) is 12.0 Å². The molecule has 1 nitrogen and oxygen atoms in total. The number of anilines is 1. The SMILES string of the molecule is CCc1ccccc1N(CC)CC(F)(F)F. The van der Waals surface area contributed by atoms with Crippen LogP contribution in [0.1, 0.15) is 19.4 Å². The molecule has 1 rings (SSSR count). The van der Waals surface area contributed by atoms with Crippen LogP contribution in [0.4, 0.5) is 18.9 Å². The van der Waals surface area contributed by atoms with Gasteiger partial charge in [0.1, 0.15) is 6.54 Å². The molecule has 0 aromatic heterocycles. The summed E-state index contributed by atoms with van der Waals surface area (Å²) in [6.07, 6.45) is -3.42. The van der Waals surface area contributed by atoms with Crippen LogP contribution in [-0.4, -0.2) is 19.3 Å².